The first-order valence-electron chi connectivity index (χ1n) is 7.66. The van der Waals surface area contributed by atoms with Crippen LogP contribution in [0.2, 0.25) is 0 Å². The lowest BCUT2D eigenvalue weighted by Gasteiger charge is -2.09. The zero-order valence-electron chi connectivity index (χ0n) is 13.4. The topological polar surface area (TPSA) is 66.9 Å². The van der Waals surface area contributed by atoms with Gasteiger partial charge in [-0.15, -0.1) is 10.2 Å². The summed E-state index contributed by atoms with van der Waals surface area (Å²) in [4.78, 5) is 12.0. The SMILES string of the molecule is Cc1ccc(Nc2nnc(S[C@@H](C)C(=O)NC3CC3)s2)c(C)c1. The predicted molar refractivity (Wildman–Crippen MR) is 95.6 cm³/mol. The molecule has 1 saturated carbocycles. The minimum absolute atomic E-state index is 0.0802. The molecule has 5 nitrogen and oxygen atoms in total. The van der Waals surface area contributed by atoms with Gasteiger partial charge in [-0.2, -0.15) is 0 Å². The third-order valence-corrected chi connectivity index (χ3v) is 5.62. The summed E-state index contributed by atoms with van der Waals surface area (Å²) in [6.07, 6.45) is 2.21. The minimum Gasteiger partial charge on any atom is -0.352 e. The molecule has 1 aromatic carbocycles. The molecule has 1 atom stereocenters. The van der Waals surface area contributed by atoms with Gasteiger partial charge in [0, 0.05) is 11.7 Å². The van der Waals surface area contributed by atoms with Crippen LogP contribution in [0.25, 0.3) is 0 Å². The van der Waals surface area contributed by atoms with Crippen molar-refractivity contribution in [2.75, 3.05) is 5.32 Å². The average Bonchev–Trinajstić information content (AvgIpc) is 3.20. The number of amides is 1. The molecule has 0 spiro atoms. The summed E-state index contributed by atoms with van der Waals surface area (Å²) in [5.74, 6) is 0.0802. The zero-order chi connectivity index (χ0) is 16.4. The molecule has 1 amide bonds. The molecule has 122 valence electrons. The monoisotopic (exact) mass is 348 g/mol. The Bertz CT molecular complexity index is 712. The van der Waals surface area contributed by atoms with Gasteiger partial charge in [0.05, 0.1) is 5.25 Å². The van der Waals surface area contributed by atoms with E-state index in [9.17, 15) is 4.79 Å². The van der Waals surface area contributed by atoms with Gasteiger partial charge in [-0.3, -0.25) is 4.79 Å². The number of hydrogen-bond acceptors (Lipinski definition) is 6. The molecule has 2 aromatic rings. The second-order valence-electron chi connectivity index (χ2n) is 5.86. The quantitative estimate of drug-likeness (QED) is 0.780. The Morgan fingerprint density at radius 2 is 2.13 bits per heavy atom. The molecule has 0 unspecified atom stereocenters. The fraction of sp³-hybridized carbons (Fsp3) is 0.438. The third-order valence-electron chi connectivity index (χ3n) is 3.60. The fourth-order valence-electron chi connectivity index (χ4n) is 2.13. The number of benzene rings is 1. The zero-order valence-corrected chi connectivity index (χ0v) is 15.1. The van der Waals surface area contributed by atoms with Gasteiger partial charge in [-0.25, -0.2) is 0 Å². The first kappa shape index (κ1) is 16.3. The van der Waals surface area contributed by atoms with Gasteiger partial charge in [-0.05, 0) is 45.2 Å². The first-order chi connectivity index (χ1) is 11.0. The second kappa shape index (κ2) is 6.88. The number of hydrogen-bond donors (Lipinski definition) is 2. The highest BCUT2D eigenvalue weighted by Crippen LogP contribution is 2.31. The fourth-order valence-corrected chi connectivity index (χ4v) is 4.05. The van der Waals surface area contributed by atoms with Crippen molar-refractivity contribution in [3.8, 4) is 0 Å². The van der Waals surface area contributed by atoms with Crippen LogP contribution < -0.4 is 10.6 Å². The van der Waals surface area contributed by atoms with Crippen LogP contribution >= 0.6 is 23.1 Å². The molecular formula is C16H20N4OS2. The van der Waals surface area contributed by atoms with Crippen LogP contribution in [0.15, 0.2) is 22.5 Å². The average molecular weight is 348 g/mol. The summed E-state index contributed by atoms with van der Waals surface area (Å²) in [6.45, 7) is 6.04. The number of nitrogens with zero attached hydrogens (tertiary/aromatic N) is 2. The number of carbonyl (C=O) groups is 1. The molecule has 1 aromatic heterocycles. The van der Waals surface area contributed by atoms with E-state index in [-0.39, 0.29) is 11.2 Å². The standard InChI is InChI=1S/C16H20N4OS2/c1-9-4-7-13(10(2)8-9)18-15-19-20-16(23-15)22-11(3)14(21)17-12-5-6-12/h4,7-8,11-12H,5-6H2,1-3H3,(H,17,21)(H,18,19)/t11-/m0/s1. The lowest BCUT2D eigenvalue weighted by atomic mass is 10.1. The highest BCUT2D eigenvalue weighted by atomic mass is 32.2. The lowest BCUT2D eigenvalue weighted by molar-refractivity contribution is -0.120. The maximum Gasteiger partial charge on any atom is 0.233 e. The maximum absolute atomic E-state index is 12.0. The van der Waals surface area contributed by atoms with Crippen molar-refractivity contribution in [2.45, 2.75) is 49.2 Å². The Balaban J connectivity index is 1.59. The van der Waals surface area contributed by atoms with Gasteiger partial charge < -0.3 is 10.6 Å². The Morgan fingerprint density at radius 3 is 2.83 bits per heavy atom. The van der Waals surface area contributed by atoms with Gasteiger partial charge in [0.25, 0.3) is 0 Å². The van der Waals surface area contributed by atoms with Gasteiger partial charge in [0.2, 0.25) is 11.0 Å². The molecule has 3 rings (SSSR count). The lowest BCUT2D eigenvalue weighted by Crippen LogP contribution is -2.32. The van der Waals surface area contributed by atoms with Crippen LogP contribution in [0.4, 0.5) is 10.8 Å². The molecule has 23 heavy (non-hydrogen) atoms. The number of carbonyl (C=O) groups excluding carboxylic acids is 1. The van der Waals surface area contributed by atoms with E-state index >= 15 is 0 Å². The number of thioether (sulfide) groups is 1. The number of nitrogens with one attached hydrogen (secondary N) is 2. The van der Waals surface area contributed by atoms with E-state index < -0.39 is 0 Å². The van der Waals surface area contributed by atoms with E-state index in [1.807, 2.05) is 13.0 Å². The molecule has 2 N–H and O–H groups in total. The van der Waals surface area contributed by atoms with E-state index in [1.165, 1.54) is 34.2 Å². The summed E-state index contributed by atoms with van der Waals surface area (Å²) in [5.41, 5.74) is 3.44. The molecule has 1 fully saturated rings. The normalized spacial score (nSPS) is 15.3. The number of aryl methyl sites for hydroxylation is 2. The Hall–Kier alpha value is -1.60. The third kappa shape index (κ3) is 4.45. The molecule has 1 heterocycles. The van der Waals surface area contributed by atoms with Crippen LogP contribution in [0.1, 0.15) is 30.9 Å². The van der Waals surface area contributed by atoms with Crippen LogP contribution in [-0.2, 0) is 4.79 Å². The summed E-state index contributed by atoms with van der Waals surface area (Å²) >= 11 is 2.92. The number of rotatable bonds is 6. The van der Waals surface area contributed by atoms with Crippen molar-refractivity contribution in [2.24, 2.45) is 0 Å². The van der Waals surface area contributed by atoms with Gasteiger partial charge in [0.1, 0.15) is 0 Å². The first-order valence-corrected chi connectivity index (χ1v) is 9.35. The van der Waals surface area contributed by atoms with Crippen molar-refractivity contribution < 1.29 is 4.79 Å². The van der Waals surface area contributed by atoms with Crippen LogP contribution in [0.3, 0.4) is 0 Å². The summed E-state index contributed by atoms with van der Waals surface area (Å²) in [6, 6.07) is 6.63. The largest absolute Gasteiger partial charge is 0.352 e. The van der Waals surface area contributed by atoms with Gasteiger partial charge in [-0.1, -0.05) is 40.8 Å². The van der Waals surface area contributed by atoms with Crippen molar-refractivity contribution in [3.63, 3.8) is 0 Å². The predicted octanol–water partition coefficient (Wildman–Crippen LogP) is 3.66. The molecule has 0 bridgehead atoms. The Kier molecular flexibility index (Phi) is 4.87. The summed E-state index contributed by atoms with van der Waals surface area (Å²) in [7, 11) is 0. The van der Waals surface area contributed by atoms with E-state index in [4.69, 9.17) is 0 Å². The summed E-state index contributed by atoms with van der Waals surface area (Å²) < 4.78 is 0.802. The molecule has 0 radical (unpaired) electrons. The van der Waals surface area contributed by atoms with E-state index in [0.717, 1.165) is 28.0 Å². The van der Waals surface area contributed by atoms with Crippen molar-refractivity contribution >= 4 is 39.8 Å². The van der Waals surface area contributed by atoms with Crippen molar-refractivity contribution in [1.82, 2.24) is 15.5 Å². The smallest absolute Gasteiger partial charge is 0.233 e. The highest BCUT2D eigenvalue weighted by molar-refractivity contribution is 8.02. The van der Waals surface area contributed by atoms with Crippen molar-refractivity contribution in [1.29, 1.82) is 0 Å². The summed E-state index contributed by atoms with van der Waals surface area (Å²) in [5, 5.41) is 15.2. The van der Waals surface area contributed by atoms with Gasteiger partial charge in [0.15, 0.2) is 4.34 Å². The molecule has 0 saturated heterocycles. The van der Waals surface area contributed by atoms with E-state index in [1.54, 1.807) is 0 Å². The Morgan fingerprint density at radius 1 is 1.35 bits per heavy atom. The van der Waals surface area contributed by atoms with E-state index in [0.29, 0.717) is 6.04 Å². The van der Waals surface area contributed by atoms with Crippen LogP contribution in [-0.4, -0.2) is 27.4 Å². The van der Waals surface area contributed by atoms with E-state index in [2.05, 4.69) is 46.8 Å². The maximum atomic E-state index is 12.0. The minimum atomic E-state index is -0.155. The molecule has 1 aliphatic carbocycles. The molecule has 0 aliphatic heterocycles. The molecular weight excluding hydrogens is 328 g/mol. The molecule has 1 aliphatic rings. The Labute approximate surface area is 144 Å². The second-order valence-corrected chi connectivity index (χ2v) is 8.42. The number of aromatic nitrogens is 2. The van der Waals surface area contributed by atoms with Gasteiger partial charge >= 0.3 is 0 Å². The van der Waals surface area contributed by atoms with Crippen molar-refractivity contribution in [3.05, 3.63) is 29.3 Å². The van der Waals surface area contributed by atoms with Crippen LogP contribution in [0.5, 0.6) is 0 Å². The van der Waals surface area contributed by atoms with Crippen LogP contribution in [0, 0.1) is 13.8 Å². The highest BCUT2D eigenvalue weighted by Gasteiger charge is 2.26. The number of anilines is 2. The molecule has 7 heteroatoms.